The second-order valence-electron chi connectivity index (χ2n) is 6.69. The summed E-state index contributed by atoms with van der Waals surface area (Å²) >= 11 is 0.980. The van der Waals surface area contributed by atoms with Gasteiger partial charge in [0.1, 0.15) is 22.0 Å². The molecule has 9 heteroatoms. The molecule has 1 aliphatic heterocycles. The van der Waals surface area contributed by atoms with Gasteiger partial charge in [-0.1, -0.05) is 36.4 Å². The van der Waals surface area contributed by atoms with Crippen LogP contribution in [0.5, 0.6) is 0 Å². The minimum atomic E-state index is -3.83. The lowest BCUT2D eigenvalue weighted by Gasteiger charge is -2.23. The average Bonchev–Trinajstić information content (AvgIpc) is 3.38. The molecular weight excluding hydrogens is 396 g/mol. The van der Waals surface area contributed by atoms with Crippen molar-refractivity contribution >= 4 is 38.7 Å². The SMILES string of the molecule is O=C(NCCc1ccccc1)[C@H]1CCCN1S(=O)(=O)c1cccc2nsnc12. The lowest BCUT2D eigenvalue weighted by Crippen LogP contribution is -2.46. The average molecular weight is 417 g/mol. The van der Waals surface area contributed by atoms with Crippen molar-refractivity contribution in [3.8, 4) is 0 Å². The molecule has 0 saturated carbocycles. The van der Waals surface area contributed by atoms with Gasteiger partial charge in [0.25, 0.3) is 0 Å². The van der Waals surface area contributed by atoms with Gasteiger partial charge >= 0.3 is 0 Å². The Balaban J connectivity index is 1.49. The summed E-state index contributed by atoms with van der Waals surface area (Å²) in [4.78, 5) is 12.8. The Bertz CT molecular complexity index is 1080. The van der Waals surface area contributed by atoms with E-state index in [1.807, 2.05) is 30.3 Å². The Morgan fingerprint density at radius 2 is 1.96 bits per heavy atom. The molecule has 2 heterocycles. The lowest BCUT2D eigenvalue weighted by atomic mass is 10.1. The first-order valence-corrected chi connectivity index (χ1v) is 11.3. The lowest BCUT2D eigenvalue weighted by molar-refractivity contribution is -0.124. The molecule has 0 unspecified atom stereocenters. The standard InChI is InChI=1S/C19H20N4O3S2/c24-19(20-12-11-14-6-2-1-3-7-14)16-9-5-13-23(16)28(25,26)17-10-4-8-15-18(17)22-27-21-15/h1-4,6-8,10,16H,5,9,11-13H2,(H,20,24)/t16-/m1/s1. The normalized spacial score (nSPS) is 17.8. The van der Waals surface area contributed by atoms with Gasteiger partial charge in [-0.2, -0.15) is 13.1 Å². The predicted molar refractivity (Wildman–Crippen MR) is 107 cm³/mol. The number of aromatic nitrogens is 2. The first kappa shape index (κ1) is 19.0. The number of hydrogen-bond donors (Lipinski definition) is 1. The van der Waals surface area contributed by atoms with E-state index < -0.39 is 16.1 Å². The molecule has 1 N–H and O–H groups in total. The summed E-state index contributed by atoms with van der Waals surface area (Å²) in [6.45, 7) is 0.798. The van der Waals surface area contributed by atoms with Gasteiger partial charge in [-0.25, -0.2) is 8.42 Å². The molecular formula is C19H20N4O3S2. The Hall–Kier alpha value is -2.36. The maximum atomic E-state index is 13.2. The van der Waals surface area contributed by atoms with Crippen molar-refractivity contribution in [2.45, 2.75) is 30.2 Å². The number of rotatable bonds is 6. The van der Waals surface area contributed by atoms with E-state index in [-0.39, 0.29) is 10.8 Å². The Morgan fingerprint density at radius 3 is 2.79 bits per heavy atom. The Labute approximate surface area is 167 Å². The highest BCUT2D eigenvalue weighted by Crippen LogP contribution is 2.30. The molecule has 28 heavy (non-hydrogen) atoms. The van der Waals surface area contributed by atoms with Crippen LogP contribution in [0.1, 0.15) is 18.4 Å². The molecule has 1 amide bonds. The van der Waals surface area contributed by atoms with Crippen LogP contribution < -0.4 is 5.32 Å². The second kappa shape index (κ2) is 7.94. The van der Waals surface area contributed by atoms with Crippen LogP contribution in [-0.4, -0.2) is 46.5 Å². The summed E-state index contributed by atoms with van der Waals surface area (Å²) in [6.07, 6.45) is 1.87. The van der Waals surface area contributed by atoms with Crippen molar-refractivity contribution in [2.75, 3.05) is 13.1 Å². The summed E-state index contributed by atoms with van der Waals surface area (Å²) in [7, 11) is -3.83. The molecule has 1 saturated heterocycles. The first-order chi connectivity index (χ1) is 13.6. The maximum absolute atomic E-state index is 13.2. The highest BCUT2D eigenvalue weighted by atomic mass is 32.2. The molecule has 2 aromatic carbocycles. The van der Waals surface area contributed by atoms with Gasteiger partial charge in [-0.3, -0.25) is 4.79 Å². The van der Waals surface area contributed by atoms with E-state index in [9.17, 15) is 13.2 Å². The smallest absolute Gasteiger partial charge is 0.246 e. The first-order valence-electron chi connectivity index (χ1n) is 9.12. The van der Waals surface area contributed by atoms with Crippen LogP contribution in [0.3, 0.4) is 0 Å². The summed E-state index contributed by atoms with van der Waals surface area (Å²) in [6, 6.07) is 14.1. The van der Waals surface area contributed by atoms with Crippen LogP contribution in [0, 0.1) is 0 Å². The van der Waals surface area contributed by atoms with Crippen molar-refractivity contribution in [3.05, 3.63) is 54.1 Å². The minimum absolute atomic E-state index is 0.114. The third kappa shape index (κ3) is 3.65. The van der Waals surface area contributed by atoms with Gasteiger partial charge < -0.3 is 5.32 Å². The number of hydrogen-bond acceptors (Lipinski definition) is 6. The summed E-state index contributed by atoms with van der Waals surface area (Å²) < 4.78 is 36.0. The van der Waals surface area contributed by atoms with E-state index in [0.29, 0.717) is 43.4 Å². The van der Waals surface area contributed by atoms with Crippen LogP contribution in [0.25, 0.3) is 11.0 Å². The van der Waals surface area contributed by atoms with E-state index in [4.69, 9.17) is 0 Å². The molecule has 1 fully saturated rings. The van der Waals surface area contributed by atoms with Gasteiger partial charge in [-0.15, -0.1) is 0 Å². The fourth-order valence-electron chi connectivity index (χ4n) is 3.50. The summed E-state index contributed by atoms with van der Waals surface area (Å²) in [5, 5.41) is 2.89. The monoisotopic (exact) mass is 416 g/mol. The Kier molecular flexibility index (Phi) is 5.38. The number of nitrogens with one attached hydrogen (secondary N) is 1. The minimum Gasteiger partial charge on any atom is -0.354 e. The third-order valence-corrected chi connectivity index (χ3v) is 7.38. The van der Waals surface area contributed by atoms with E-state index in [1.165, 1.54) is 10.4 Å². The highest BCUT2D eigenvalue weighted by molar-refractivity contribution is 7.89. The molecule has 1 aliphatic rings. The van der Waals surface area contributed by atoms with Crippen LogP contribution >= 0.6 is 11.7 Å². The zero-order valence-electron chi connectivity index (χ0n) is 15.1. The zero-order chi connectivity index (χ0) is 19.6. The van der Waals surface area contributed by atoms with Crippen LogP contribution in [0.15, 0.2) is 53.4 Å². The largest absolute Gasteiger partial charge is 0.354 e. The van der Waals surface area contributed by atoms with Gasteiger partial charge in [0, 0.05) is 13.1 Å². The molecule has 7 nitrogen and oxygen atoms in total. The summed E-state index contributed by atoms with van der Waals surface area (Å²) in [5.41, 5.74) is 2.04. The maximum Gasteiger partial charge on any atom is 0.246 e. The third-order valence-electron chi connectivity index (χ3n) is 4.90. The second-order valence-corrected chi connectivity index (χ2v) is 9.08. The van der Waals surface area contributed by atoms with Gasteiger partial charge in [0.2, 0.25) is 15.9 Å². The van der Waals surface area contributed by atoms with Crippen molar-refractivity contribution in [1.29, 1.82) is 0 Å². The van der Waals surface area contributed by atoms with E-state index in [1.54, 1.807) is 12.1 Å². The zero-order valence-corrected chi connectivity index (χ0v) is 16.7. The number of benzene rings is 2. The fraction of sp³-hybridized carbons (Fsp3) is 0.316. The Morgan fingerprint density at radius 1 is 1.14 bits per heavy atom. The van der Waals surface area contributed by atoms with Crippen LogP contribution in [0.2, 0.25) is 0 Å². The highest BCUT2D eigenvalue weighted by Gasteiger charge is 2.40. The molecule has 1 atom stereocenters. The molecule has 4 rings (SSSR count). The predicted octanol–water partition coefficient (Wildman–Crippen LogP) is 2.20. The van der Waals surface area contributed by atoms with Gasteiger partial charge in [0.15, 0.2) is 0 Å². The molecule has 3 aromatic rings. The number of amides is 1. The van der Waals surface area contributed by atoms with Crippen molar-refractivity contribution in [2.24, 2.45) is 0 Å². The molecule has 0 aliphatic carbocycles. The number of nitrogens with zero attached hydrogens (tertiary/aromatic N) is 3. The number of carbonyl (C=O) groups excluding carboxylic acids is 1. The van der Waals surface area contributed by atoms with Crippen molar-refractivity contribution in [3.63, 3.8) is 0 Å². The molecule has 0 bridgehead atoms. The number of carbonyl (C=O) groups is 1. The van der Waals surface area contributed by atoms with Crippen LogP contribution in [-0.2, 0) is 21.2 Å². The topological polar surface area (TPSA) is 92.3 Å². The van der Waals surface area contributed by atoms with Crippen molar-refractivity contribution < 1.29 is 13.2 Å². The molecule has 0 spiro atoms. The molecule has 0 radical (unpaired) electrons. The fourth-order valence-corrected chi connectivity index (χ4v) is 5.91. The molecule has 1 aromatic heterocycles. The van der Waals surface area contributed by atoms with Gasteiger partial charge in [-0.05, 0) is 37.0 Å². The number of sulfonamides is 1. The van der Waals surface area contributed by atoms with Gasteiger partial charge in [0.05, 0.1) is 11.7 Å². The van der Waals surface area contributed by atoms with E-state index >= 15 is 0 Å². The van der Waals surface area contributed by atoms with Crippen molar-refractivity contribution in [1.82, 2.24) is 18.4 Å². The number of fused-ring (bicyclic) bond motifs is 1. The quantitative estimate of drug-likeness (QED) is 0.665. The summed E-state index contributed by atoms with van der Waals surface area (Å²) in [5.74, 6) is -0.249. The van der Waals surface area contributed by atoms with Crippen LogP contribution in [0.4, 0.5) is 0 Å². The van der Waals surface area contributed by atoms with E-state index in [0.717, 1.165) is 17.3 Å². The molecule has 146 valence electrons. The van der Waals surface area contributed by atoms with E-state index in [2.05, 4.69) is 14.1 Å².